The summed E-state index contributed by atoms with van der Waals surface area (Å²) in [7, 11) is 0. The van der Waals surface area contributed by atoms with Crippen LogP contribution in [0.25, 0.3) is 0 Å². The van der Waals surface area contributed by atoms with Gasteiger partial charge in [-0.2, -0.15) is 0 Å². The molecule has 0 spiro atoms. The van der Waals surface area contributed by atoms with Crippen molar-refractivity contribution < 1.29 is 15.2 Å². The summed E-state index contributed by atoms with van der Waals surface area (Å²) in [6.45, 7) is 1.87. The first-order valence-corrected chi connectivity index (χ1v) is 3.07. The first-order valence-electron chi connectivity index (χ1n) is 3.07. The predicted molar refractivity (Wildman–Crippen MR) is 43.0 cm³/mol. The molecule has 0 fully saturated rings. The molecule has 1 rings (SSSR count). The molecule has 0 aliphatic carbocycles. The van der Waals surface area contributed by atoms with Crippen molar-refractivity contribution in [3.8, 4) is 5.75 Å². The number of hydrogen-bond acceptors (Lipinski definition) is 3. The normalized spacial score (nSPS) is 7.91. The molecule has 3 N–H and O–H groups in total. The van der Waals surface area contributed by atoms with Gasteiger partial charge in [-0.05, 0) is 18.6 Å². The highest BCUT2D eigenvalue weighted by Gasteiger charge is 1.86. The third kappa shape index (κ3) is 4.41. The maximum Gasteiger partial charge on any atom is 0.482 e. The highest BCUT2D eigenvalue weighted by molar-refractivity contribution is 6.13. The van der Waals surface area contributed by atoms with E-state index in [1.165, 1.54) is 0 Å². The quantitative estimate of drug-likeness (QED) is 0.466. The van der Waals surface area contributed by atoms with Crippen LogP contribution >= 0.6 is 0 Å². The zero-order valence-corrected chi connectivity index (χ0v) is 6.23. The molecule has 1 aromatic rings. The van der Waals surface area contributed by atoms with E-state index in [1.54, 1.807) is 6.07 Å². The van der Waals surface area contributed by atoms with Crippen molar-refractivity contribution in [2.24, 2.45) is 0 Å². The fourth-order valence-corrected chi connectivity index (χ4v) is 0.563. The van der Waals surface area contributed by atoms with Gasteiger partial charge in [-0.3, -0.25) is 0 Å². The molecule has 1 aromatic carbocycles. The summed E-state index contributed by atoms with van der Waals surface area (Å²) >= 11 is 0. The summed E-state index contributed by atoms with van der Waals surface area (Å²) in [5, 5.41) is 22.9. The lowest BCUT2D eigenvalue weighted by Crippen LogP contribution is -1.75. The van der Waals surface area contributed by atoms with Gasteiger partial charge >= 0.3 is 7.69 Å². The second-order valence-corrected chi connectivity index (χ2v) is 1.90. The van der Waals surface area contributed by atoms with Crippen LogP contribution in [0.2, 0.25) is 0 Å². The van der Waals surface area contributed by atoms with Crippen LogP contribution in [0.15, 0.2) is 24.3 Å². The Bertz CT molecular complexity index is 182. The van der Waals surface area contributed by atoms with E-state index in [-0.39, 0.29) is 7.69 Å². The van der Waals surface area contributed by atoms with Crippen molar-refractivity contribution >= 4 is 7.69 Å². The lowest BCUT2D eigenvalue weighted by Gasteiger charge is -1.92. The third-order valence-electron chi connectivity index (χ3n) is 1.12. The maximum absolute atomic E-state index is 8.92. The molecule has 59 valence electrons. The van der Waals surface area contributed by atoms with Crippen molar-refractivity contribution in [1.29, 1.82) is 0 Å². The summed E-state index contributed by atoms with van der Waals surface area (Å²) in [5.41, 5.74) is 0.924. The molecule has 0 aliphatic rings. The molecule has 0 saturated carbocycles. The van der Waals surface area contributed by atoms with Gasteiger partial charge in [-0.1, -0.05) is 18.2 Å². The molecule has 0 bridgehead atoms. The second kappa shape index (κ2) is 5.76. The van der Waals surface area contributed by atoms with Crippen LogP contribution < -0.4 is 0 Å². The summed E-state index contributed by atoms with van der Waals surface area (Å²) < 4.78 is 0. The first-order chi connectivity index (χ1) is 5.22. The number of hydrogen-bond donors (Lipinski definition) is 3. The van der Waals surface area contributed by atoms with Crippen LogP contribution in [0.5, 0.6) is 5.75 Å². The average Bonchev–Trinajstić information content (AvgIpc) is 1.97. The molecule has 11 heavy (non-hydrogen) atoms. The minimum Gasteiger partial charge on any atom is -0.508 e. The number of phenols is 1. The van der Waals surface area contributed by atoms with Crippen LogP contribution in [0, 0.1) is 6.92 Å². The van der Waals surface area contributed by atoms with Crippen LogP contribution in [0.3, 0.4) is 0 Å². The van der Waals surface area contributed by atoms with Crippen molar-refractivity contribution in [2.45, 2.75) is 6.92 Å². The van der Waals surface area contributed by atoms with E-state index in [4.69, 9.17) is 15.2 Å². The summed E-state index contributed by atoms with van der Waals surface area (Å²) in [5.74, 6) is 0.368. The van der Waals surface area contributed by atoms with Crippen molar-refractivity contribution in [1.82, 2.24) is 0 Å². The Balaban J connectivity index is 0.000000292. The van der Waals surface area contributed by atoms with Crippen LogP contribution in [-0.2, 0) is 0 Å². The van der Waals surface area contributed by atoms with E-state index in [1.807, 2.05) is 25.1 Å². The lowest BCUT2D eigenvalue weighted by atomic mass is 10.2. The van der Waals surface area contributed by atoms with Gasteiger partial charge in [0.25, 0.3) is 0 Å². The van der Waals surface area contributed by atoms with Gasteiger partial charge in [0, 0.05) is 0 Å². The topological polar surface area (TPSA) is 60.7 Å². The SMILES string of the molecule is Cc1ccccc1O.O[B]O. The van der Waals surface area contributed by atoms with E-state index in [2.05, 4.69) is 0 Å². The van der Waals surface area contributed by atoms with E-state index in [0.29, 0.717) is 5.75 Å². The monoisotopic (exact) mass is 153 g/mol. The zero-order valence-electron chi connectivity index (χ0n) is 6.23. The minimum atomic E-state index is 0. The number of para-hydroxylation sites is 1. The van der Waals surface area contributed by atoms with Gasteiger partial charge in [0.15, 0.2) is 0 Å². The molecule has 0 aliphatic heterocycles. The van der Waals surface area contributed by atoms with Crippen molar-refractivity contribution in [3.05, 3.63) is 29.8 Å². The van der Waals surface area contributed by atoms with Crippen LogP contribution in [-0.4, -0.2) is 22.8 Å². The van der Waals surface area contributed by atoms with Gasteiger partial charge < -0.3 is 15.2 Å². The number of aryl methyl sites for hydroxylation is 1. The molecule has 0 saturated heterocycles. The van der Waals surface area contributed by atoms with Crippen LogP contribution in [0.1, 0.15) is 5.56 Å². The minimum absolute atomic E-state index is 0. The molecular formula is C7H10BO3. The van der Waals surface area contributed by atoms with Crippen molar-refractivity contribution in [2.75, 3.05) is 0 Å². The summed E-state index contributed by atoms with van der Waals surface area (Å²) in [6.07, 6.45) is 0. The molecule has 0 unspecified atom stereocenters. The molecule has 3 nitrogen and oxygen atoms in total. The fourth-order valence-electron chi connectivity index (χ4n) is 0.563. The molecule has 4 heteroatoms. The van der Waals surface area contributed by atoms with Crippen molar-refractivity contribution in [3.63, 3.8) is 0 Å². The highest BCUT2D eigenvalue weighted by atomic mass is 16.4. The smallest absolute Gasteiger partial charge is 0.482 e. The average molecular weight is 153 g/mol. The third-order valence-corrected chi connectivity index (χ3v) is 1.12. The van der Waals surface area contributed by atoms with E-state index in [0.717, 1.165) is 5.56 Å². The fraction of sp³-hybridized carbons (Fsp3) is 0.143. The highest BCUT2D eigenvalue weighted by Crippen LogP contribution is 2.12. The number of rotatable bonds is 0. The standard InChI is InChI=1S/C7H8O.BH2O2/c1-6-4-2-3-5-7(6)8;2-1-3/h2-5,8H,1H3;2-3H. The van der Waals surface area contributed by atoms with Gasteiger partial charge in [-0.25, -0.2) is 0 Å². The Morgan fingerprint density at radius 2 is 1.64 bits per heavy atom. The molecular weight excluding hydrogens is 143 g/mol. The summed E-state index contributed by atoms with van der Waals surface area (Å²) in [6, 6.07) is 7.25. The molecule has 0 amide bonds. The van der Waals surface area contributed by atoms with Gasteiger partial charge in [0.05, 0.1) is 0 Å². The Morgan fingerprint density at radius 1 is 1.18 bits per heavy atom. The van der Waals surface area contributed by atoms with Gasteiger partial charge in [-0.15, -0.1) is 0 Å². The molecule has 1 radical (unpaired) electrons. The first kappa shape index (κ1) is 10.0. The second-order valence-electron chi connectivity index (χ2n) is 1.90. The Kier molecular flexibility index (Phi) is 5.24. The number of aromatic hydroxyl groups is 1. The Morgan fingerprint density at radius 3 is 1.91 bits per heavy atom. The van der Waals surface area contributed by atoms with E-state index >= 15 is 0 Å². The maximum atomic E-state index is 8.92. The van der Waals surface area contributed by atoms with E-state index < -0.39 is 0 Å². The van der Waals surface area contributed by atoms with Gasteiger partial charge in [0.2, 0.25) is 0 Å². The Hall–Kier alpha value is -0.995. The predicted octanol–water partition coefficient (Wildman–Crippen LogP) is 0.206. The Labute approximate surface area is 66.2 Å². The van der Waals surface area contributed by atoms with Gasteiger partial charge in [0.1, 0.15) is 5.75 Å². The molecule has 0 aromatic heterocycles. The molecule has 0 atom stereocenters. The van der Waals surface area contributed by atoms with Crippen LogP contribution in [0.4, 0.5) is 0 Å². The van der Waals surface area contributed by atoms with E-state index in [9.17, 15) is 0 Å². The molecule has 0 heterocycles. The number of benzene rings is 1. The zero-order chi connectivity index (χ0) is 8.69. The lowest BCUT2D eigenvalue weighted by molar-refractivity contribution is 0.448. The number of phenolic OH excluding ortho intramolecular Hbond substituents is 1. The summed E-state index contributed by atoms with van der Waals surface area (Å²) in [4.78, 5) is 0. The largest absolute Gasteiger partial charge is 0.508 e.